The van der Waals surface area contributed by atoms with Gasteiger partial charge in [0.25, 0.3) is 0 Å². The number of rotatable bonds is 5. The van der Waals surface area contributed by atoms with Crippen LogP contribution in [-0.2, 0) is 0 Å². The van der Waals surface area contributed by atoms with Crippen LogP contribution in [0.5, 0.6) is 0 Å². The van der Waals surface area contributed by atoms with Crippen molar-refractivity contribution >= 4 is 11.5 Å². The fourth-order valence-corrected chi connectivity index (χ4v) is 1.43. The van der Waals surface area contributed by atoms with Crippen molar-refractivity contribution in [2.45, 2.75) is 0 Å². The highest BCUT2D eigenvalue weighted by atomic mass is 16.4. The Labute approximate surface area is 101 Å². The molecule has 1 heterocycles. The predicted octanol–water partition coefficient (Wildman–Crippen LogP) is 0.174. The Morgan fingerprint density at radius 1 is 1.41 bits per heavy atom. The van der Waals surface area contributed by atoms with Crippen LogP contribution in [0.4, 0.5) is 5.69 Å². The minimum absolute atomic E-state index is 0.0964. The molecule has 0 aromatic carbocycles. The van der Waals surface area contributed by atoms with Crippen LogP contribution in [0.15, 0.2) is 23.6 Å². The van der Waals surface area contributed by atoms with E-state index in [1.54, 1.807) is 18.5 Å². The summed E-state index contributed by atoms with van der Waals surface area (Å²) < 4.78 is 0. The number of hydrogen-bond acceptors (Lipinski definition) is 5. The maximum absolute atomic E-state index is 8.73. The third-order valence-corrected chi connectivity index (χ3v) is 2.48. The van der Waals surface area contributed by atoms with Crippen molar-refractivity contribution in [2.24, 2.45) is 10.9 Å². The van der Waals surface area contributed by atoms with Crippen molar-refractivity contribution < 1.29 is 5.21 Å². The number of aromatic nitrogens is 1. The van der Waals surface area contributed by atoms with Crippen molar-refractivity contribution in [3.63, 3.8) is 0 Å². The summed E-state index contributed by atoms with van der Waals surface area (Å²) in [5.41, 5.74) is 7.16. The molecule has 1 aromatic rings. The molecule has 0 atom stereocenters. The first-order valence-corrected chi connectivity index (χ1v) is 5.34. The number of nitrogens with zero attached hydrogens (tertiary/aromatic N) is 4. The quantitative estimate of drug-likeness (QED) is 0.330. The molecule has 17 heavy (non-hydrogen) atoms. The van der Waals surface area contributed by atoms with Gasteiger partial charge >= 0.3 is 0 Å². The van der Waals surface area contributed by atoms with Gasteiger partial charge in [-0.25, -0.2) is 0 Å². The van der Waals surface area contributed by atoms with Crippen molar-refractivity contribution in [3.8, 4) is 0 Å². The van der Waals surface area contributed by atoms with Crippen molar-refractivity contribution in [2.75, 3.05) is 39.1 Å². The van der Waals surface area contributed by atoms with Crippen LogP contribution in [-0.4, -0.2) is 55.2 Å². The molecule has 0 unspecified atom stereocenters. The average Bonchev–Trinajstić information content (AvgIpc) is 2.34. The van der Waals surface area contributed by atoms with Gasteiger partial charge in [-0.2, -0.15) is 0 Å². The van der Waals surface area contributed by atoms with Crippen molar-refractivity contribution in [1.82, 2.24) is 9.88 Å². The van der Waals surface area contributed by atoms with E-state index in [0.717, 1.165) is 18.8 Å². The lowest BCUT2D eigenvalue weighted by molar-refractivity contribution is 0.318. The molecule has 0 spiro atoms. The fourth-order valence-electron chi connectivity index (χ4n) is 1.43. The molecule has 0 saturated heterocycles. The first-order chi connectivity index (χ1) is 8.06. The lowest BCUT2D eigenvalue weighted by Gasteiger charge is -2.23. The normalized spacial score (nSPS) is 11.9. The molecular weight excluding hydrogens is 218 g/mol. The van der Waals surface area contributed by atoms with Gasteiger partial charge in [-0.05, 0) is 20.2 Å². The van der Waals surface area contributed by atoms with Gasteiger partial charge in [-0.15, -0.1) is 0 Å². The topological polar surface area (TPSA) is 78.0 Å². The number of anilines is 1. The van der Waals surface area contributed by atoms with E-state index >= 15 is 0 Å². The number of nitrogens with two attached hydrogens (primary N) is 1. The Kier molecular flexibility index (Phi) is 4.71. The summed E-state index contributed by atoms with van der Waals surface area (Å²) in [6.07, 6.45) is 3.33. The Morgan fingerprint density at radius 3 is 2.71 bits per heavy atom. The predicted molar refractivity (Wildman–Crippen MR) is 68.6 cm³/mol. The average molecular weight is 237 g/mol. The highest BCUT2D eigenvalue weighted by Gasteiger charge is 2.10. The van der Waals surface area contributed by atoms with Gasteiger partial charge in [0.2, 0.25) is 0 Å². The van der Waals surface area contributed by atoms with Crippen LogP contribution in [0.1, 0.15) is 5.56 Å². The maximum Gasteiger partial charge on any atom is 0.172 e. The van der Waals surface area contributed by atoms with E-state index in [1.165, 1.54) is 0 Å². The molecular formula is C11H19N5O. The molecule has 0 saturated carbocycles. The Bertz CT molecular complexity index is 391. The van der Waals surface area contributed by atoms with Gasteiger partial charge in [-0.1, -0.05) is 5.16 Å². The van der Waals surface area contributed by atoms with E-state index in [-0.39, 0.29) is 5.84 Å². The summed E-state index contributed by atoms with van der Waals surface area (Å²) in [5.74, 6) is 0.0964. The molecule has 0 bridgehead atoms. The highest BCUT2D eigenvalue weighted by molar-refractivity contribution is 6.01. The van der Waals surface area contributed by atoms with Gasteiger partial charge in [0.15, 0.2) is 5.84 Å². The Hall–Kier alpha value is -1.82. The minimum atomic E-state index is 0.0964. The zero-order chi connectivity index (χ0) is 12.8. The van der Waals surface area contributed by atoms with Crippen molar-refractivity contribution in [3.05, 3.63) is 24.0 Å². The molecule has 0 aliphatic heterocycles. The van der Waals surface area contributed by atoms with E-state index in [0.29, 0.717) is 5.56 Å². The molecule has 94 valence electrons. The second kappa shape index (κ2) is 6.05. The van der Waals surface area contributed by atoms with Crippen LogP contribution in [0.2, 0.25) is 0 Å². The summed E-state index contributed by atoms with van der Waals surface area (Å²) in [6.45, 7) is 1.76. The van der Waals surface area contributed by atoms with Gasteiger partial charge < -0.3 is 20.7 Å². The third-order valence-electron chi connectivity index (χ3n) is 2.48. The number of oxime groups is 1. The van der Waals surface area contributed by atoms with Crippen LogP contribution in [0.25, 0.3) is 0 Å². The second-order valence-electron chi connectivity index (χ2n) is 4.10. The molecule has 0 aliphatic carbocycles. The Morgan fingerprint density at radius 2 is 2.12 bits per heavy atom. The summed E-state index contributed by atoms with van der Waals surface area (Å²) >= 11 is 0. The highest BCUT2D eigenvalue weighted by Crippen LogP contribution is 2.17. The fraction of sp³-hybridized carbons (Fsp3) is 0.455. The van der Waals surface area contributed by atoms with Crippen LogP contribution >= 0.6 is 0 Å². The first kappa shape index (κ1) is 13.2. The van der Waals surface area contributed by atoms with E-state index in [9.17, 15) is 0 Å². The van der Waals surface area contributed by atoms with Gasteiger partial charge in [0, 0.05) is 31.9 Å². The van der Waals surface area contributed by atoms with Crippen molar-refractivity contribution in [1.29, 1.82) is 0 Å². The smallest absolute Gasteiger partial charge is 0.172 e. The molecule has 0 radical (unpaired) electrons. The molecule has 6 heteroatoms. The molecule has 0 amide bonds. The number of amidine groups is 1. The molecule has 0 aliphatic rings. The number of pyridine rings is 1. The summed E-state index contributed by atoms with van der Waals surface area (Å²) in [5, 5.41) is 11.8. The van der Waals surface area contributed by atoms with Gasteiger partial charge in [0.1, 0.15) is 0 Å². The first-order valence-electron chi connectivity index (χ1n) is 5.34. The third kappa shape index (κ3) is 3.60. The number of likely N-dealkylation sites (N-methyl/N-ethyl adjacent to an activating group) is 2. The lowest BCUT2D eigenvalue weighted by atomic mass is 10.2. The van der Waals surface area contributed by atoms with Gasteiger partial charge in [-0.3, -0.25) is 4.98 Å². The zero-order valence-corrected chi connectivity index (χ0v) is 10.5. The van der Waals surface area contributed by atoms with Crippen LogP contribution in [0.3, 0.4) is 0 Å². The van der Waals surface area contributed by atoms with Gasteiger partial charge in [0.05, 0.1) is 11.9 Å². The van der Waals surface area contributed by atoms with Crippen LogP contribution in [0, 0.1) is 0 Å². The lowest BCUT2D eigenvalue weighted by Crippen LogP contribution is -2.30. The zero-order valence-electron chi connectivity index (χ0n) is 10.5. The number of hydrogen-bond donors (Lipinski definition) is 2. The Balaban J connectivity index is 2.89. The summed E-state index contributed by atoms with van der Waals surface area (Å²) in [4.78, 5) is 8.18. The standard InChI is InChI=1S/C11H19N5O/c1-15(2)6-7-16(3)10-8-13-5-4-9(10)11(12)14-17/h4-5,8,17H,6-7H2,1-3H3,(H2,12,14). The SMILES string of the molecule is CN(C)CCN(C)c1cnccc1/C(N)=N/O. The minimum Gasteiger partial charge on any atom is -0.409 e. The molecule has 1 rings (SSSR count). The maximum atomic E-state index is 8.73. The summed E-state index contributed by atoms with van der Waals surface area (Å²) in [6, 6.07) is 1.73. The summed E-state index contributed by atoms with van der Waals surface area (Å²) in [7, 11) is 5.98. The monoisotopic (exact) mass is 237 g/mol. The van der Waals surface area contributed by atoms with E-state index in [2.05, 4.69) is 15.0 Å². The van der Waals surface area contributed by atoms with Crippen LogP contribution < -0.4 is 10.6 Å². The van der Waals surface area contributed by atoms with E-state index in [1.807, 2.05) is 26.0 Å². The second-order valence-corrected chi connectivity index (χ2v) is 4.10. The molecule has 6 nitrogen and oxygen atoms in total. The molecule has 3 N–H and O–H groups in total. The van der Waals surface area contributed by atoms with E-state index < -0.39 is 0 Å². The molecule has 0 fully saturated rings. The van der Waals surface area contributed by atoms with E-state index in [4.69, 9.17) is 10.9 Å². The molecule has 1 aromatic heterocycles. The largest absolute Gasteiger partial charge is 0.409 e.